The van der Waals surface area contributed by atoms with Gasteiger partial charge in [0.25, 0.3) is 0 Å². The van der Waals surface area contributed by atoms with E-state index >= 15 is 0 Å². The van der Waals surface area contributed by atoms with Crippen LogP contribution in [-0.4, -0.2) is 23.9 Å². The highest BCUT2D eigenvalue weighted by Gasteiger charge is 2.59. The molecule has 4 atom stereocenters. The van der Waals surface area contributed by atoms with E-state index in [0.717, 1.165) is 19.3 Å². The van der Waals surface area contributed by atoms with Gasteiger partial charge < -0.3 is 9.84 Å². The molecule has 2 fully saturated rings. The van der Waals surface area contributed by atoms with Gasteiger partial charge in [0, 0.05) is 6.61 Å². The molecule has 0 amide bonds. The minimum absolute atomic E-state index is 0.218. The highest BCUT2D eigenvalue weighted by molar-refractivity contribution is 5.17. The Kier molecular flexibility index (Phi) is 3.71. The fourth-order valence-corrected chi connectivity index (χ4v) is 4.01. The molecule has 0 aromatic carbocycles. The highest BCUT2D eigenvalue weighted by Crippen LogP contribution is 2.53. The van der Waals surface area contributed by atoms with Crippen LogP contribution in [0.2, 0.25) is 0 Å². The van der Waals surface area contributed by atoms with Gasteiger partial charge in [0.2, 0.25) is 0 Å². The molecule has 1 N–H and O–H groups in total. The zero-order valence-electron chi connectivity index (χ0n) is 11.8. The number of aliphatic hydroxyl groups is 1. The van der Waals surface area contributed by atoms with Gasteiger partial charge >= 0.3 is 0 Å². The van der Waals surface area contributed by atoms with Gasteiger partial charge in [-0.15, -0.1) is 0 Å². The molecule has 0 spiro atoms. The molecule has 1 saturated carbocycles. The molecule has 18 heavy (non-hydrogen) atoms. The predicted octanol–water partition coefficient (Wildman–Crippen LogP) is 2.74. The third-order valence-corrected chi connectivity index (χ3v) is 5.11. The smallest absolute Gasteiger partial charge is 0.112 e. The number of nitriles is 1. The van der Waals surface area contributed by atoms with E-state index in [2.05, 4.69) is 26.8 Å². The lowest BCUT2D eigenvalue weighted by molar-refractivity contribution is -0.148. The van der Waals surface area contributed by atoms with Gasteiger partial charge in [0.1, 0.15) is 5.41 Å². The van der Waals surface area contributed by atoms with E-state index in [9.17, 15) is 10.4 Å². The van der Waals surface area contributed by atoms with Crippen LogP contribution in [0.5, 0.6) is 0 Å². The molecule has 102 valence electrons. The minimum Gasteiger partial charge on any atom is -0.388 e. The third-order valence-electron chi connectivity index (χ3n) is 5.11. The second-order valence-electron chi connectivity index (χ2n) is 6.66. The Balaban J connectivity index is 2.37. The fourth-order valence-electron chi connectivity index (χ4n) is 4.01. The molecule has 3 heteroatoms. The van der Waals surface area contributed by atoms with Gasteiger partial charge in [-0.3, -0.25) is 0 Å². The van der Waals surface area contributed by atoms with Crippen LogP contribution in [-0.2, 0) is 4.74 Å². The van der Waals surface area contributed by atoms with Crippen LogP contribution in [0.25, 0.3) is 0 Å². The van der Waals surface area contributed by atoms with E-state index in [4.69, 9.17) is 4.74 Å². The number of nitrogens with zero attached hydrogens (tertiary/aromatic N) is 1. The molecule has 0 radical (unpaired) electrons. The zero-order chi connectivity index (χ0) is 13.4. The Hall–Kier alpha value is -0.590. The number of hydrogen-bond acceptors (Lipinski definition) is 3. The Morgan fingerprint density at radius 3 is 2.61 bits per heavy atom. The topological polar surface area (TPSA) is 53.2 Å². The summed E-state index contributed by atoms with van der Waals surface area (Å²) in [4.78, 5) is 0. The fraction of sp³-hybridized carbons (Fsp3) is 0.933. The number of ether oxygens (including phenoxy) is 1. The zero-order valence-corrected chi connectivity index (χ0v) is 11.8. The first-order chi connectivity index (χ1) is 8.45. The molecule has 4 unspecified atom stereocenters. The Labute approximate surface area is 110 Å². The monoisotopic (exact) mass is 251 g/mol. The molecule has 0 aromatic heterocycles. The van der Waals surface area contributed by atoms with Crippen LogP contribution in [0.1, 0.15) is 46.5 Å². The van der Waals surface area contributed by atoms with Crippen LogP contribution in [0.15, 0.2) is 0 Å². The molecule has 2 aliphatic rings. The van der Waals surface area contributed by atoms with Gasteiger partial charge in [-0.05, 0) is 37.0 Å². The van der Waals surface area contributed by atoms with Crippen molar-refractivity contribution in [1.82, 2.24) is 0 Å². The van der Waals surface area contributed by atoms with Gasteiger partial charge in [0.05, 0.1) is 18.3 Å². The average Bonchev–Trinajstić information content (AvgIpc) is 2.78. The summed E-state index contributed by atoms with van der Waals surface area (Å²) < 4.78 is 5.45. The van der Waals surface area contributed by atoms with Crippen molar-refractivity contribution in [2.45, 2.75) is 52.1 Å². The maximum atomic E-state index is 11.3. The maximum absolute atomic E-state index is 11.3. The highest BCUT2D eigenvalue weighted by atomic mass is 16.5. The first kappa shape index (κ1) is 13.8. The van der Waals surface area contributed by atoms with E-state index in [1.807, 2.05) is 0 Å². The van der Waals surface area contributed by atoms with Gasteiger partial charge in [0.15, 0.2) is 0 Å². The first-order valence-electron chi connectivity index (χ1n) is 7.16. The standard InChI is InChI=1S/C15H25NO2/c1-11(2)13-5-4-12(3)8-15(13,17)14(9-16)6-7-18-10-14/h11-13,17H,4-8,10H2,1-3H3. The first-order valence-corrected chi connectivity index (χ1v) is 7.16. The van der Waals surface area contributed by atoms with Gasteiger partial charge in [-0.1, -0.05) is 27.2 Å². The van der Waals surface area contributed by atoms with Crippen molar-refractivity contribution in [3.63, 3.8) is 0 Å². The lowest BCUT2D eigenvalue weighted by atomic mass is 9.56. The second-order valence-corrected chi connectivity index (χ2v) is 6.66. The van der Waals surface area contributed by atoms with Crippen LogP contribution in [0, 0.1) is 34.5 Å². The van der Waals surface area contributed by atoms with Crippen LogP contribution in [0.3, 0.4) is 0 Å². The quantitative estimate of drug-likeness (QED) is 0.821. The summed E-state index contributed by atoms with van der Waals surface area (Å²) in [5, 5.41) is 20.9. The molecule has 3 nitrogen and oxygen atoms in total. The van der Waals surface area contributed by atoms with E-state index in [-0.39, 0.29) is 5.92 Å². The summed E-state index contributed by atoms with van der Waals surface area (Å²) in [5.41, 5.74) is -1.55. The van der Waals surface area contributed by atoms with Crippen molar-refractivity contribution in [3.05, 3.63) is 0 Å². The summed E-state index contributed by atoms with van der Waals surface area (Å²) in [6.07, 6.45) is 3.61. The van der Waals surface area contributed by atoms with E-state index < -0.39 is 11.0 Å². The molecule has 1 aliphatic carbocycles. The normalized spacial score (nSPS) is 45.1. The largest absolute Gasteiger partial charge is 0.388 e. The Morgan fingerprint density at radius 2 is 2.11 bits per heavy atom. The van der Waals surface area contributed by atoms with Crippen LogP contribution in [0.4, 0.5) is 0 Å². The Morgan fingerprint density at radius 1 is 1.39 bits per heavy atom. The third kappa shape index (κ3) is 1.96. The van der Waals surface area contributed by atoms with Crippen molar-refractivity contribution in [3.8, 4) is 6.07 Å². The van der Waals surface area contributed by atoms with Crippen molar-refractivity contribution in [2.75, 3.05) is 13.2 Å². The lowest BCUT2D eigenvalue weighted by Gasteiger charge is -2.51. The predicted molar refractivity (Wildman–Crippen MR) is 69.8 cm³/mol. The average molecular weight is 251 g/mol. The summed E-state index contributed by atoms with van der Waals surface area (Å²) in [7, 11) is 0. The summed E-state index contributed by atoms with van der Waals surface area (Å²) in [6.45, 7) is 7.51. The lowest BCUT2D eigenvalue weighted by Crippen LogP contribution is -2.57. The van der Waals surface area contributed by atoms with Crippen molar-refractivity contribution in [1.29, 1.82) is 5.26 Å². The molecule has 0 aromatic rings. The van der Waals surface area contributed by atoms with E-state index in [1.165, 1.54) is 0 Å². The maximum Gasteiger partial charge on any atom is 0.112 e. The van der Waals surface area contributed by atoms with Crippen molar-refractivity contribution in [2.24, 2.45) is 23.2 Å². The number of hydrogen-bond donors (Lipinski definition) is 1. The summed E-state index contributed by atoms with van der Waals surface area (Å²) in [6, 6.07) is 2.42. The SMILES string of the molecule is CC1CCC(C(C)C)C(O)(C2(C#N)CCOC2)C1. The van der Waals surface area contributed by atoms with Crippen LogP contribution >= 0.6 is 0 Å². The summed E-state index contributed by atoms with van der Waals surface area (Å²) in [5.74, 6) is 1.12. The molecule has 1 aliphatic heterocycles. The molecule has 0 bridgehead atoms. The summed E-state index contributed by atoms with van der Waals surface area (Å²) >= 11 is 0. The Bertz CT molecular complexity index is 341. The minimum atomic E-state index is -0.871. The van der Waals surface area contributed by atoms with Gasteiger partial charge in [-0.25, -0.2) is 0 Å². The molecular formula is C15H25NO2. The van der Waals surface area contributed by atoms with Crippen molar-refractivity contribution >= 4 is 0 Å². The molecule has 1 heterocycles. The molecule has 1 saturated heterocycles. The molecule has 2 rings (SSSR count). The van der Waals surface area contributed by atoms with Crippen LogP contribution < -0.4 is 0 Å². The number of rotatable bonds is 2. The van der Waals surface area contributed by atoms with Gasteiger partial charge in [-0.2, -0.15) is 5.26 Å². The van der Waals surface area contributed by atoms with E-state index in [1.54, 1.807) is 0 Å². The van der Waals surface area contributed by atoms with Crippen molar-refractivity contribution < 1.29 is 9.84 Å². The second kappa shape index (κ2) is 4.83. The molecular weight excluding hydrogens is 226 g/mol. The van der Waals surface area contributed by atoms with E-state index in [0.29, 0.717) is 31.5 Å².